The second-order valence-electron chi connectivity index (χ2n) is 5.82. The minimum Gasteiger partial charge on any atom is -0.495 e. The average molecular weight is 364 g/mol. The smallest absolute Gasteiger partial charge is 0.262 e. The first kappa shape index (κ1) is 18.3. The van der Waals surface area contributed by atoms with Crippen LogP contribution in [0.4, 0.5) is 5.69 Å². The second kappa shape index (κ2) is 8.23. The first-order valence-electron chi connectivity index (χ1n) is 8.42. The number of nitrogens with zero attached hydrogens (tertiary/aromatic N) is 1. The highest BCUT2D eigenvalue weighted by Crippen LogP contribution is 2.24. The summed E-state index contributed by atoms with van der Waals surface area (Å²) in [5, 5.41) is 3.94. The van der Waals surface area contributed by atoms with E-state index in [1.165, 1.54) is 7.11 Å². The summed E-state index contributed by atoms with van der Waals surface area (Å²) < 4.78 is 12.4. The molecule has 3 rings (SSSR count). The number of aromatic nitrogens is 1. The van der Waals surface area contributed by atoms with E-state index in [1.54, 1.807) is 59.3 Å². The molecule has 0 atom stereocenters. The average Bonchev–Trinajstić information content (AvgIpc) is 2.69. The van der Waals surface area contributed by atoms with Gasteiger partial charge in [-0.3, -0.25) is 9.59 Å². The molecule has 6 nitrogen and oxygen atoms in total. The van der Waals surface area contributed by atoms with Gasteiger partial charge in [-0.15, -0.1) is 6.58 Å². The van der Waals surface area contributed by atoms with Crippen molar-refractivity contribution in [3.8, 4) is 11.5 Å². The maximum atomic E-state index is 12.5. The van der Waals surface area contributed by atoms with Crippen LogP contribution in [0.25, 0.3) is 10.8 Å². The molecule has 3 aromatic rings. The molecular weight excluding hydrogens is 344 g/mol. The first-order chi connectivity index (χ1) is 13.1. The van der Waals surface area contributed by atoms with Gasteiger partial charge in [-0.2, -0.15) is 0 Å². The van der Waals surface area contributed by atoms with Crippen molar-refractivity contribution in [2.45, 2.75) is 6.54 Å². The normalized spacial score (nSPS) is 10.4. The Balaban J connectivity index is 1.77. The van der Waals surface area contributed by atoms with E-state index >= 15 is 0 Å². The predicted molar refractivity (Wildman–Crippen MR) is 106 cm³/mol. The minimum absolute atomic E-state index is 0.128. The van der Waals surface area contributed by atoms with Gasteiger partial charge >= 0.3 is 0 Å². The highest BCUT2D eigenvalue weighted by Gasteiger charge is 2.11. The zero-order valence-electron chi connectivity index (χ0n) is 15.0. The summed E-state index contributed by atoms with van der Waals surface area (Å²) in [6.07, 6.45) is 3.35. The fraction of sp³-hybridized carbons (Fsp3) is 0.143. The largest absolute Gasteiger partial charge is 0.495 e. The lowest BCUT2D eigenvalue weighted by atomic mass is 10.1. The molecule has 0 aliphatic heterocycles. The summed E-state index contributed by atoms with van der Waals surface area (Å²) in [4.78, 5) is 24.7. The molecule has 0 aliphatic rings. The van der Waals surface area contributed by atoms with Gasteiger partial charge in [0.15, 0.2) is 6.61 Å². The summed E-state index contributed by atoms with van der Waals surface area (Å²) in [5.41, 5.74) is 0.440. The molecule has 2 aromatic carbocycles. The Morgan fingerprint density at radius 1 is 1.11 bits per heavy atom. The number of hydrogen-bond acceptors (Lipinski definition) is 4. The van der Waals surface area contributed by atoms with E-state index in [4.69, 9.17) is 9.47 Å². The topological polar surface area (TPSA) is 69.6 Å². The van der Waals surface area contributed by atoms with Gasteiger partial charge in [-0.05, 0) is 30.3 Å². The van der Waals surface area contributed by atoms with Crippen molar-refractivity contribution < 1.29 is 14.3 Å². The molecule has 1 N–H and O–H groups in total. The maximum Gasteiger partial charge on any atom is 0.262 e. The van der Waals surface area contributed by atoms with Crippen molar-refractivity contribution in [3.05, 3.63) is 77.7 Å². The van der Waals surface area contributed by atoms with E-state index in [-0.39, 0.29) is 18.1 Å². The number of rotatable bonds is 7. The Morgan fingerprint density at radius 2 is 1.89 bits per heavy atom. The Hall–Kier alpha value is -3.54. The Bertz CT molecular complexity index is 1040. The van der Waals surface area contributed by atoms with E-state index < -0.39 is 0 Å². The maximum absolute atomic E-state index is 12.5. The van der Waals surface area contributed by atoms with Crippen LogP contribution >= 0.6 is 0 Å². The van der Waals surface area contributed by atoms with Crippen molar-refractivity contribution in [2.24, 2.45) is 0 Å². The molecule has 0 spiro atoms. The third kappa shape index (κ3) is 4.00. The molecule has 0 radical (unpaired) electrons. The van der Waals surface area contributed by atoms with Crippen molar-refractivity contribution in [1.82, 2.24) is 4.57 Å². The number of anilines is 1. The number of pyridine rings is 1. The van der Waals surface area contributed by atoms with Gasteiger partial charge < -0.3 is 19.4 Å². The SMILES string of the molecule is C=CCn1ccc2c(OCC(=O)Nc3ccccc3OC)cccc2c1=O. The molecule has 1 heterocycles. The molecule has 0 bridgehead atoms. The van der Waals surface area contributed by atoms with Crippen LogP contribution in [0.3, 0.4) is 0 Å². The quantitative estimate of drug-likeness (QED) is 0.654. The second-order valence-corrected chi connectivity index (χ2v) is 5.82. The number of carbonyl (C=O) groups is 1. The van der Waals surface area contributed by atoms with Crippen LogP contribution < -0.4 is 20.3 Å². The minimum atomic E-state index is -0.323. The van der Waals surface area contributed by atoms with Crippen LogP contribution in [0.5, 0.6) is 11.5 Å². The number of benzene rings is 2. The zero-order chi connectivity index (χ0) is 19.2. The summed E-state index contributed by atoms with van der Waals surface area (Å²) in [6.45, 7) is 3.90. The Labute approximate surface area is 156 Å². The molecule has 1 amide bonds. The van der Waals surface area contributed by atoms with Crippen LogP contribution in [-0.2, 0) is 11.3 Å². The molecule has 27 heavy (non-hydrogen) atoms. The number of methoxy groups -OCH3 is 1. The Morgan fingerprint density at radius 3 is 2.67 bits per heavy atom. The summed E-state index contributed by atoms with van der Waals surface area (Å²) in [7, 11) is 1.54. The third-order valence-electron chi connectivity index (χ3n) is 4.04. The van der Waals surface area contributed by atoms with Gasteiger partial charge in [0.2, 0.25) is 0 Å². The fourth-order valence-electron chi connectivity index (χ4n) is 2.78. The van der Waals surface area contributed by atoms with Gasteiger partial charge in [0.05, 0.1) is 18.2 Å². The molecule has 6 heteroatoms. The number of fused-ring (bicyclic) bond motifs is 1. The van der Waals surface area contributed by atoms with E-state index in [9.17, 15) is 9.59 Å². The zero-order valence-corrected chi connectivity index (χ0v) is 15.0. The van der Waals surface area contributed by atoms with Gasteiger partial charge in [0, 0.05) is 18.1 Å². The highest BCUT2D eigenvalue weighted by molar-refractivity contribution is 5.94. The van der Waals surface area contributed by atoms with Crippen molar-refractivity contribution >= 4 is 22.4 Å². The van der Waals surface area contributed by atoms with Crippen LogP contribution in [0.1, 0.15) is 0 Å². The molecular formula is C21H20N2O4. The number of allylic oxidation sites excluding steroid dienone is 1. The number of amides is 1. The molecule has 0 unspecified atom stereocenters. The number of nitrogens with one attached hydrogen (secondary N) is 1. The van der Waals surface area contributed by atoms with E-state index in [2.05, 4.69) is 11.9 Å². The third-order valence-corrected chi connectivity index (χ3v) is 4.04. The number of ether oxygens (including phenoxy) is 2. The highest BCUT2D eigenvalue weighted by atomic mass is 16.5. The van der Waals surface area contributed by atoms with E-state index in [0.717, 1.165) is 0 Å². The van der Waals surface area contributed by atoms with Crippen molar-refractivity contribution in [1.29, 1.82) is 0 Å². The lowest BCUT2D eigenvalue weighted by Crippen LogP contribution is -2.21. The number of para-hydroxylation sites is 2. The van der Waals surface area contributed by atoms with E-state index in [0.29, 0.717) is 34.5 Å². The van der Waals surface area contributed by atoms with Crippen LogP contribution in [0, 0.1) is 0 Å². The molecule has 138 valence electrons. The first-order valence-corrected chi connectivity index (χ1v) is 8.42. The summed E-state index contributed by atoms with van der Waals surface area (Å²) in [6, 6.07) is 14.1. The van der Waals surface area contributed by atoms with Crippen LogP contribution in [-0.4, -0.2) is 24.2 Å². The van der Waals surface area contributed by atoms with E-state index in [1.807, 2.05) is 6.07 Å². The summed E-state index contributed by atoms with van der Waals surface area (Å²) in [5.74, 6) is 0.723. The fourth-order valence-corrected chi connectivity index (χ4v) is 2.78. The molecule has 0 saturated carbocycles. The molecule has 0 aliphatic carbocycles. The van der Waals surface area contributed by atoms with Crippen LogP contribution in [0.2, 0.25) is 0 Å². The standard InChI is InChI=1S/C21H20N2O4/c1-3-12-23-13-11-15-16(21(23)25)7-6-10-18(15)27-14-20(24)22-17-8-4-5-9-19(17)26-2/h3-11,13H,1,12,14H2,2H3,(H,22,24). The Kier molecular flexibility index (Phi) is 5.56. The lowest BCUT2D eigenvalue weighted by molar-refractivity contribution is -0.118. The van der Waals surface area contributed by atoms with Gasteiger partial charge in [0.1, 0.15) is 11.5 Å². The monoisotopic (exact) mass is 364 g/mol. The van der Waals surface area contributed by atoms with Crippen molar-refractivity contribution in [3.63, 3.8) is 0 Å². The molecule has 0 fully saturated rings. The molecule has 0 saturated heterocycles. The van der Waals surface area contributed by atoms with Gasteiger partial charge in [-0.25, -0.2) is 0 Å². The summed E-state index contributed by atoms with van der Waals surface area (Å²) >= 11 is 0. The van der Waals surface area contributed by atoms with Crippen molar-refractivity contribution in [2.75, 3.05) is 19.0 Å². The lowest BCUT2D eigenvalue weighted by Gasteiger charge is -2.12. The number of carbonyl (C=O) groups excluding carboxylic acids is 1. The molecule has 1 aromatic heterocycles. The van der Waals surface area contributed by atoms with Gasteiger partial charge in [-0.1, -0.05) is 24.3 Å². The number of hydrogen-bond donors (Lipinski definition) is 1. The van der Waals surface area contributed by atoms with Gasteiger partial charge in [0.25, 0.3) is 11.5 Å². The van der Waals surface area contributed by atoms with Crippen LogP contribution in [0.15, 0.2) is 72.2 Å². The predicted octanol–water partition coefficient (Wildman–Crippen LogP) is 3.21.